The molecule has 0 aliphatic rings. The maximum atomic E-state index is 12.9. The first-order chi connectivity index (χ1) is 7.47. The number of esters is 1. The molecule has 1 aromatic carbocycles. The number of carbonyl (C=O) groups is 1. The van der Waals surface area contributed by atoms with Crippen LogP contribution in [0.3, 0.4) is 0 Å². The number of phenols is 1. The molecular weight excluding hydrogens is 237 g/mol. The van der Waals surface area contributed by atoms with E-state index in [2.05, 4.69) is 4.74 Å². The molecule has 0 radical (unpaired) electrons. The SMILES string of the molecule is COC(=O)C[C@H](N)c1ccc(F)c(Cl)c1O. The molecule has 4 nitrogen and oxygen atoms in total. The van der Waals surface area contributed by atoms with Gasteiger partial charge in [-0.1, -0.05) is 17.7 Å². The monoisotopic (exact) mass is 247 g/mol. The van der Waals surface area contributed by atoms with Gasteiger partial charge >= 0.3 is 5.97 Å². The van der Waals surface area contributed by atoms with E-state index >= 15 is 0 Å². The quantitative estimate of drug-likeness (QED) is 0.798. The van der Waals surface area contributed by atoms with Crippen LogP contribution in [0.1, 0.15) is 18.0 Å². The number of methoxy groups -OCH3 is 1. The van der Waals surface area contributed by atoms with Crippen LogP contribution in [-0.2, 0) is 9.53 Å². The summed E-state index contributed by atoms with van der Waals surface area (Å²) >= 11 is 5.50. The van der Waals surface area contributed by atoms with Crippen molar-refractivity contribution in [2.24, 2.45) is 5.73 Å². The molecule has 1 rings (SSSR count). The smallest absolute Gasteiger partial charge is 0.307 e. The molecule has 0 fully saturated rings. The average molecular weight is 248 g/mol. The van der Waals surface area contributed by atoms with Crippen LogP contribution in [-0.4, -0.2) is 18.2 Å². The molecule has 1 aromatic rings. The lowest BCUT2D eigenvalue weighted by Gasteiger charge is -2.13. The van der Waals surface area contributed by atoms with Crippen molar-refractivity contribution in [1.29, 1.82) is 0 Å². The number of ether oxygens (including phenoxy) is 1. The third-order valence-corrected chi connectivity index (χ3v) is 2.47. The molecule has 0 unspecified atom stereocenters. The summed E-state index contributed by atoms with van der Waals surface area (Å²) in [5, 5.41) is 9.13. The van der Waals surface area contributed by atoms with Gasteiger partial charge in [0.15, 0.2) is 0 Å². The first-order valence-corrected chi connectivity index (χ1v) is 4.84. The maximum Gasteiger partial charge on any atom is 0.307 e. The van der Waals surface area contributed by atoms with Gasteiger partial charge in [0.1, 0.15) is 16.6 Å². The largest absolute Gasteiger partial charge is 0.506 e. The summed E-state index contributed by atoms with van der Waals surface area (Å²) in [6, 6.07) is 1.57. The van der Waals surface area contributed by atoms with Crippen molar-refractivity contribution in [2.75, 3.05) is 7.11 Å². The maximum absolute atomic E-state index is 12.9. The number of aromatic hydroxyl groups is 1. The molecule has 0 bridgehead atoms. The van der Waals surface area contributed by atoms with Crippen LogP contribution < -0.4 is 5.73 Å². The second kappa shape index (κ2) is 5.14. The number of nitrogens with two attached hydrogens (primary N) is 1. The molecule has 1 atom stereocenters. The van der Waals surface area contributed by atoms with Crippen molar-refractivity contribution < 1.29 is 19.0 Å². The van der Waals surface area contributed by atoms with Gasteiger partial charge in [0.25, 0.3) is 0 Å². The van der Waals surface area contributed by atoms with Gasteiger partial charge in [0, 0.05) is 11.6 Å². The van der Waals surface area contributed by atoms with E-state index in [0.717, 1.165) is 6.07 Å². The standard InChI is InChI=1S/C10H11ClFNO3/c1-16-8(14)4-7(13)5-2-3-6(12)9(11)10(5)15/h2-3,7,15H,4,13H2,1H3/t7-/m0/s1. The van der Waals surface area contributed by atoms with E-state index in [-0.39, 0.29) is 12.0 Å². The molecule has 16 heavy (non-hydrogen) atoms. The van der Waals surface area contributed by atoms with Gasteiger partial charge in [-0.05, 0) is 6.07 Å². The minimum absolute atomic E-state index is 0.119. The zero-order valence-electron chi connectivity index (χ0n) is 8.54. The van der Waals surface area contributed by atoms with Gasteiger partial charge in [-0.2, -0.15) is 0 Å². The van der Waals surface area contributed by atoms with E-state index in [0.29, 0.717) is 0 Å². The van der Waals surface area contributed by atoms with Crippen LogP contribution in [0.5, 0.6) is 5.75 Å². The number of benzene rings is 1. The summed E-state index contributed by atoms with van der Waals surface area (Å²) < 4.78 is 17.4. The average Bonchev–Trinajstić information content (AvgIpc) is 2.25. The van der Waals surface area contributed by atoms with E-state index in [1.165, 1.54) is 13.2 Å². The van der Waals surface area contributed by atoms with E-state index < -0.39 is 28.6 Å². The topological polar surface area (TPSA) is 72.5 Å². The van der Waals surface area contributed by atoms with Crippen LogP contribution in [0.2, 0.25) is 5.02 Å². The molecule has 0 aliphatic carbocycles. The fraction of sp³-hybridized carbons (Fsp3) is 0.300. The van der Waals surface area contributed by atoms with Crippen LogP contribution in [0.4, 0.5) is 4.39 Å². The lowest BCUT2D eigenvalue weighted by Crippen LogP contribution is -2.16. The lowest BCUT2D eigenvalue weighted by molar-refractivity contribution is -0.141. The molecular formula is C10H11ClFNO3. The number of hydrogen-bond acceptors (Lipinski definition) is 4. The van der Waals surface area contributed by atoms with Gasteiger partial charge in [-0.3, -0.25) is 4.79 Å². The van der Waals surface area contributed by atoms with E-state index in [1.54, 1.807) is 0 Å². The van der Waals surface area contributed by atoms with E-state index in [4.69, 9.17) is 17.3 Å². The predicted octanol–water partition coefficient (Wildman–Crippen LogP) is 1.75. The first-order valence-electron chi connectivity index (χ1n) is 4.46. The summed E-state index contributed by atoms with van der Waals surface area (Å²) in [5.41, 5.74) is 5.85. The van der Waals surface area contributed by atoms with Crippen molar-refractivity contribution in [3.05, 3.63) is 28.5 Å². The summed E-state index contributed by atoms with van der Waals surface area (Å²) in [6.07, 6.45) is -0.119. The van der Waals surface area contributed by atoms with Gasteiger partial charge in [-0.25, -0.2) is 4.39 Å². The highest BCUT2D eigenvalue weighted by atomic mass is 35.5. The van der Waals surface area contributed by atoms with Crippen molar-refractivity contribution in [2.45, 2.75) is 12.5 Å². The Morgan fingerprint density at radius 2 is 2.31 bits per heavy atom. The second-order valence-electron chi connectivity index (χ2n) is 3.19. The molecule has 0 amide bonds. The molecule has 0 spiro atoms. The van der Waals surface area contributed by atoms with Crippen molar-refractivity contribution >= 4 is 17.6 Å². The minimum Gasteiger partial charge on any atom is -0.506 e. The summed E-state index contributed by atoms with van der Waals surface area (Å²) in [5.74, 6) is -1.71. The van der Waals surface area contributed by atoms with Gasteiger partial charge in [0.05, 0.1) is 13.5 Å². The van der Waals surface area contributed by atoms with E-state index in [9.17, 15) is 14.3 Å². The highest BCUT2D eigenvalue weighted by molar-refractivity contribution is 6.32. The van der Waals surface area contributed by atoms with Crippen molar-refractivity contribution in [1.82, 2.24) is 0 Å². The molecule has 0 saturated carbocycles. The normalized spacial score (nSPS) is 12.2. The Balaban J connectivity index is 2.96. The molecule has 6 heteroatoms. The Hall–Kier alpha value is -1.33. The molecule has 88 valence electrons. The number of halogens is 2. The Labute approximate surface area is 96.8 Å². The lowest BCUT2D eigenvalue weighted by atomic mass is 10.0. The predicted molar refractivity (Wildman–Crippen MR) is 56.6 cm³/mol. The third kappa shape index (κ3) is 2.62. The zero-order chi connectivity index (χ0) is 12.3. The number of carbonyl (C=O) groups excluding carboxylic acids is 1. The highest BCUT2D eigenvalue weighted by Crippen LogP contribution is 2.33. The molecule has 3 N–H and O–H groups in total. The Kier molecular flexibility index (Phi) is 4.09. The summed E-state index contributed by atoms with van der Waals surface area (Å²) in [6.45, 7) is 0. The fourth-order valence-electron chi connectivity index (χ4n) is 1.23. The van der Waals surface area contributed by atoms with Gasteiger partial charge < -0.3 is 15.6 Å². The van der Waals surface area contributed by atoms with Crippen molar-refractivity contribution in [3.63, 3.8) is 0 Å². The van der Waals surface area contributed by atoms with Crippen LogP contribution in [0.15, 0.2) is 12.1 Å². The van der Waals surface area contributed by atoms with Crippen LogP contribution >= 0.6 is 11.6 Å². The Morgan fingerprint density at radius 3 is 2.88 bits per heavy atom. The number of rotatable bonds is 3. The number of phenolic OH excluding ortho intramolecular Hbond substituents is 1. The van der Waals surface area contributed by atoms with Gasteiger partial charge in [0.2, 0.25) is 0 Å². The summed E-state index contributed by atoms with van der Waals surface area (Å²) in [7, 11) is 1.23. The fourth-order valence-corrected chi connectivity index (χ4v) is 1.40. The third-order valence-electron chi connectivity index (χ3n) is 2.11. The highest BCUT2D eigenvalue weighted by Gasteiger charge is 2.18. The van der Waals surface area contributed by atoms with Gasteiger partial charge in [-0.15, -0.1) is 0 Å². The Bertz CT molecular complexity index is 411. The summed E-state index contributed by atoms with van der Waals surface area (Å²) in [4.78, 5) is 11.0. The van der Waals surface area contributed by atoms with Crippen LogP contribution in [0, 0.1) is 5.82 Å². The molecule has 0 saturated heterocycles. The van der Waals surface area contributed by atoms with E-state index in [1.807, 2.05) is 0 Å². The minimum atomic E-state index is -0.787. The van der Waals surface area contributed by atoms with Crippen molar-refractivity contribution in [3.8, 4) is 5.75 Å². The molecule has 0 aromatic heterocycles. The second-order valence-corrected chi connectivity index (χ2v) is 3.56. The zero-order valence-corrected chi connectivity index (χ0v) is 9.29. The number of hydrogen-bond donors (Lipinski definition) is 2. The molecule has 0 aliphatic heterocycles. The first kappa shape index (κ1) is 12.7. The molecule has 0 heterocycles. The Morgan fingerprint density at radius 1 is 1.69 bits per heavy atom. The van der Waals surface area contributed by atoms with Crippen LogP contribution in [0.25, 0.3) is 0 Å².